The van der Waals surface area contributed by atoms with Crippen LogP contribution in [0.3, 0.4) is 0 Å². The topological polar surface area (TPSA) is 40.5 Å². The summed E-state index contributed by atoms with van der Waals surface area (Å²) in [4.78, 5) is 13.6. The van der Waals surface area contributed by atoms with Gasteiger partial charge in [-0.1, -0.05) is 72.6 Å². The van der Waals surface area contributed by atoms with E-state index in [9.17, 15) is 4.79 Å². The molecule has 21 heavy (non-hydrogen) atoms. The molecule has 1 aromatic carbocycles. The standard InChI is InChI=1S/C15H13NO2S3/c1-10(7-11-5-3-2-4-6-11)8-12-14(19)16(9-13(17)18)15(20)21-12/h2-8H,9H2,1H3,(H,17,18)/b10-7-,12-8-. The van der Waals surface area contributed by atoms with E-state index in [4.69, 9.17) is 29.5 Å². The number of carboxylic acids is 1. The molecule has 3 nitrogen and oxygen atoms in total. The summed E-state index contributed by atoms with van der Waals surface area (Å²) in [6, 6.07) is 9.96. The Morgan fingerprint density at radius 3 is 2.62 bits per heavy atom. The van der Waals surface area contributed by atoms with E-state index in [1.165, 1.54) is 16.7 Å². The lowest BCUT2D eigenvalue weighted by atomic mass is 10.1. The van der Waals surface area contributed by atoms with Crippen LogP contribution in [0.15, 0.2) is 46.9 Å². The van der Waals surface area contributed by atoms with Gasteiger partial charge in [-0.2, -0.15) is 0 Å². The lowest BCUT2D eigenvalue weighted by Gasteiger charge is -2.12. The number of allylic oxidation sites excluding steroid dienone is 2. The molecule has 0 aliphatic carbocycles. The van der Waals surface area contributed by atoms with E-state index in [2.05, 4.69) is 0 Å². The van der Waals surface area contributed by atoms with E-state index in [1.807, 2.05) is 49.4 Å². The van der Waals surface area contributed by atoms with E-state index in [-0.39, 0.29) is 6.54 Å². The minimum Gasteiger partial charge on any atom is -0.480 e. The molecule has 1 aromatic rings. The molecule has 1 heterocycles. The average molecular weight is 335 g/mol. The molecule has 0 radical (unpaired) electrons. The Morgan fingerprint density at radius 1 is 1.33 bits per heavy atom. The molecule has 0 atom stereocenters. The van der Waals surface area contributed by atoms with E-state index in [0.717, 1.165) is 16.0 Å². The van der Waals surface area contributed by atoms with E-state index in [0.29, 0.717) is 9.31 Å². The van der Waals surface area contributed by atoms with Crippen molar-refractivity contribution in [1.29, 1.82) is 0 Å². The Balaban J connectivity index is 2.18. The fraction of sp³-hybridized carbons (Fsp3) is 0.133. The number of benzene rings is 1. The number of thioether (sulfide) groups is 1. The first-order chi connectivity index (χ1) is 9.97. The largest absolute Gasteiger partial charge is 0.480 e. The third-order valence-corrected chi connectivity index (χ3v) is 4.69. The SMILES string of the molecule is CC(=C/c1ccccc1)/C=C1\SC(=S)N(CC(=O)O)C1=S. The number of nitrogens with zero attached hydrogens (tertiary/aromatic N) is 1. The average Bonchev–Trinajstić information content (AvgIpc) is 2.67. The van der Waals surface area contributed by atoms with Crippen LogP contribution in [0.4, 0.5) is 0 Å². The molecule has 1 fully saturated rings. The van der Waals surface area contributed by atoms with Crippen molar-refractivity contribution in [2.24, 2.45) is 0 Å². The normalized spacial score (nSPS) is 17.7. The summed E-state index contributed by atoms with van der Waals surface area (Å²) in [5.41, 5.74) is 2.14. The summed E-state index contributed by atoms with van der Waals surface area (Å²) >= 11 is 11.8. The number of hydrogen-bond donors (Lipinski definition) is 1. The fourth-order valence-corrected chi connectivity index (χ4v) is 3.61. The molecule has 0 spiro atoms. The van der Waals surface area contributed by atoms with Crippen molar-refractivity contribution < 1.29 is 9.90 Å². The smallest absolute Gasteiger partial charge is 0.323 e. The highest BCUT2D eigenvalue weighted by Crippen LogP contribution is 2.32. The number of aliphatic carboxylic acids is 1. The van der Waals surface area contributed by atoms with Crippen LogP contribution in [0.25, 0.3) is 6.08 Å². The molecule has 1 aliphatic rings. The predicted molar refractivity (Wildman–Crippen MR) is 95.3 cm³/mol. The molecule has 0 unspecified atom stereocenters. The van der Waals surface area contributed by atoms with Crippen LogP contribution in [0.5, 0.6) is 0 Å². The minimum absolute atomic E-state index is 0.191. The maximum atomic E-state index is 10.8. The van der Waals surface area contributed by atoms with Gasteiger partial charge in [0.1, 0.15) is 15.9 Å². The van der Waals surface area contributed by atoms with Crippen LogP contribution in [0.2, 0.25) is 0 Å². The van der Waals surface area contributed by atoms with Gasteiger partial charge in [-0.05, 0) is 24.1 Å². The van der Waals surface area contributed by atoms with Crippen LogP contribution in [-0.2, 0) is 4.79 Å². The number of carbonyl (C=O) groups is 1. The molecule has 0 amide bonds. The van der Waals surface area contributed by atoms with Crippen molar-refractivity contribution in [2.75, 3.05) is 6.54 Å². The molecular weight excluding hydrogens is 322 g/mol. The second kappa shape index (κ2) is 6.98. The monoisotopic (exact) mass is 335 g/mol. The zero-order valence-corrected chi connectivity index (χ0v) is 13.7. The van der Waals surface area contributed by atoms with Gasteiger partial charge in [-0.15, -0.1) is 0 Å². The van der Waals surface area contributed by atoms with Gasteiger partial charge in [0.15, 0.2) is 0 Å². The molecule has 0 bridgehead atoms. The molecule has 108 valence electrons. The number of thiocarbonyl (C=S) groups is 2. The summed E-state index contributed by atoms with van der Waals surface area (Å²) in [6.45, 7) is 1.79. The lowest BCUT2D eigenvalue weighted by Crippen LogP contribution is -2.32. The highest BCUT2D eigenvalue weighted by molar-refractivity contribution is 8.27. The first kappa shape index (κ1) is 15.9. The first-order valence-corrected chi connectivity index (χ1v) is 7.81. The highest BCUT2D eigenvalue weighted by atomic mass is 32.2. The molecule has 2 rings (SSSR count). The molecule has 0 aromatic heterocycles. The van der Waals surface area contributed by atoms with Crippen molar-refractivity contribution in [3.63, 3.8) is 0 Å². The van der Waals surface area contributed by atoms with Crippen molar-refractivity contribution >= 4 is 57.6 Å². The van der Waals surface area contributed by atoms with Gasteiger partial charge < -0.3 is 10.0 Å². The van der Waals surface area contributed by atoms with E-state index in [1.54, 1.807) is 0 Å². The summed E-state index contributed by atoms with van der Waals surface area (Å²) in [6.07, 6.45) is 3.98. The Kier molecular flexibility index (Phi) is 5.27. The van der Waals surface area contributed by atoms with Gasteiger partial charge in [-0.3, -0.25) is 4.79 Å². The van der Waals surface area contributed by atoms with Crippen molar-refractivity contribution in [3.05, 3.63) is 52.4 Å². The Morgan fingerprint density at radius 2 is 2.00 bits per heavy atom. The third-order valence-electron chi connectivity index (χ3n) is 2.72. The fourth-order valence-electron chi connectivity index (χ4n) is 1.83. The van der Waals surface area contributed by atoms with Gasteiger partial charge >= 0.3 is 5.97 Å². The summed E-state index contributed by atoms with van der Waals surface area (Å²) in [5, 5.41) is 8.87. The van der Waals surface area contributed by atoms with Crippen LogP contribution >= 0.6 is 36.2 Å². The van der Waals surface area contributed by atoms with Gasteiger partial charge in [0, 0.05) is 4.91 Å². The lowest BCUT2D eigenvalue weighted by molar-refractivity contribution is -0.136. The number of hydrogen-bond acceptors (Lipinski definition) is 4. The molecule has 1 aliphatic heterocycles. The molecule has 0 saturated carbocycles. The van der Waals surface area contributed by atoms with Crippen molar-refractivity contribution in [2.45, 2.75) is 6.92 Å². The quantitative estimate of drug-likeness (QED) is 0.668. The summed E-state index contributed by atoms with van der Waals surface area (Å²) < 4.78 is 0.487. The minimum atomic E-state index is -0.946. The molecule has 1 N–H and O–H groups in total. The highest BCUT2D eigenvalue weighted by Gasteiger charge is 2.29. The van der Waals surface area contributed by atoms with Crippen molar-refractivity contribution in [1.82, 2.24) is 4.90 Å². The Labute approximate surface area is 138 Å². The second-order valence-corrected chi connectivity index (χ2v) is 6.52. The number of carboxylic acid groups (broad SMARTS) is 1. The predicted octanol–water partition coefficient (Wildman–Crippen LogP) is 3.72. The van der Waals surface area contributed by atoms with Gasteiger partial charge in [-0.25, -0.2) is 0 Å². The first-order valence-electron chi connectivity index (χ1n) is 6.18. The zero-order valence-electron chi connectivity index (χ0n) is 11.3. The van der Waals surface area contributed by atoms with Gasteiger partial charge in [0.2, 0.25) is 0 Å². The third kappa shape index (κ3) is 4.23. The summed E-state index contributed by atoms with van der Waals surface area (Å²) in [5.74, 6) is -0.946. The Hall–Kier alpha value is -1.50. The Bertz CT molecular complexity index is 650. The molecule has 6 heteroatoms. The van der Waals surface area contributed by atoms with Crippen LogP contribution < -0.4 is 0 Å². The number of rotatable bonds is 4. The van der Waals surface area contributed by atoms with Crippen LogP contribution in [-0.4, -0.2) is 31.8 Å². The van der Waals surface area contributed by atoms with Gasteiger partial charge in [0.25, 0.3) is 0 Å². The molecular formula is C15H13NO2S3. The maximum absolute atomic E-state index is 10.8. The van der Waals surface area contributed by atoms with E-state index >= 15 is 0 Å². The van der Waals surface area contributed by atoms with Gasteiger partial charge in [0.05, 0.1) is 0 Å². The van der Waals surface area contributed by atoms with Crippen LogP contribution in [0.1, 0.15) is 12.5 Å². The van der Waals surface area contributed by atoms with Crippen molar-refractivity contribution in [3.8, 4) is 0 Å². The maximum Gasteiger partial charge on any atom is 0.323 e. The molecule has 1 saturated heterocycles. The second-order valence-electron chi connectivity index (χ2n) is 4.46. The van der Waals surface area contributed by atoms with Crippen LogP contribution in [0, 0.1) is 0 Å². The zero-order chi connectivity index (χ0) is 15.4. The summed E-state index contributed by atoms with van der Waals surface area (Å²) in [7, 11) is 0. The van der Waals surface area contributed by atoms with E-state index < -0.39 is 5.97 Å².